The third kappa shape index (κ3) is 4.31. The molecule has 0 amide bonds. The van der Waals surface area contributed by atoms with Crippen LogP contribution in [-0.4, -0.2) is 38.7 Å². The Balaban J connectivity index is 1.39. The molecule has 0 aromatic carbocycles. The second-order valence-corrected chi connectivity index (χ2v) is 8.87. The van der Waals surface area contributed by atoms with Gasteiger partial charge in [-0.05, 0) is 60.3 Å². The quantitative estimate of drug-likeness (QED) is 0.639. The highest BCUT2D eigenvalue weighted by molar-refractivity contribution is 5.72. The standard InChI is InChI=1S/C24H29N5O/c1-4-16-14-27-23(26-12-10-18-6-5-17-9-11-25-15-20(17)18)29-22(16)28-19-7-8-21(30)24(2,3)13-19/h1,6,9,11,14-15,19,21,30H,5,7-8,10,12-13H2,2-3H3,(H2,26,27,28,29)/t19-,21+/m1/s1. The summed E-state index contributed by atoms with van der Waals surface area (Å²) in [5.41, 5.74) is 4.42. The first-order chi connectivity index (χ1) is 14.5. The van der Waals surface area contributed by atoms with E-state index in [2.05, 4.69) is 57.5 Å². The summed E-state index contributed by atoms with van der Waals surface area (Å²) in [5, 5.41) is 17.0. The smallest absolute Gasteiger partial charge is 0.224 e. The molecule has 3 N–H and O–H groups in total. The number of hydrogen-bond acceptors (Lipinski definition) is 6. The van der Waals surface area contributed by atoms with Crippen molar-refractivity contribution in [2.75, 3.05) is 17.2 Å². The molecular weight excluding hydrogens is 374 g/mol. The summed E-state index contributed by atoms with van der Waals surface area (Å²) in [6, 6.07) is 2.31. The van der Waals surface area contributed by atoms with E-state index in [0.717, 1.165) is 38.6 Å². The first-order valence-corrected chi connectivity index (χ1v) is 10.6. The first kappa shape index (κ1) is 20.4. The molecule has 1 saturated carbocycles. The van der Waals surface area contributed by atoms with Gasteiger partial charge in [-0.15, -0.1) is 6.42 Å². The molecule has 0 unspecified atom stereocenters. The van der Waals surface area contributed by atoms with Crippen LogP contribution in [-0.2, 0) is 6.42 Å². The van der Waals surface area contributed by atoms with E-state index in [1.165, 1.54) is 16.7 Å². The summed E-state index contributed by atoms with van der Waals surface area (Å²) in [6.45, 7) is 4.94. The third-order valence-electron chi connectivity index (χ3n) is 6.25. The maximum atomic E-state index is 10.2. The van der Waals surface area contributed by atoms with Gasteiger partial charge in [0.2, 0.25) is 5.95 Å². The van der Waals surface area contributed by atoms with Crippen LogP contribution in [0.1, 0.15) is 56.2 Å². The van der Waals surface area contributed by atoms with Crippen LogP contribution >= 0.6 is 0 Å². The number of aliphatic hydroxyl groups is 1. The molecule has 6 nitrogen and oxygen atoms in total. The SMILES string of the molecule is C#Cc1cnc(NCCC2=CCc3ccncc32)nc1N[C@@H]1CC[C@H](O)C(C)(C)C1. The molecule has 2 atom stereocenters. The lowest BCUT2D eigenvalue weighted by molar-refractivity contribution is 0.00926. The van der Waals surface area contributed by atoms with Gasteiger partial charge in [0.15, 0.2) is 0 Å². The zero-order valence-corrected chi connectivity index (χ0v) is 17.7. The third-order valence-corrected chi connectivity index (χ3v) is 6.25. The Morgan fingerprint density at radius 1 is 1.30 bits per heavy atom. The Morgan fingerprint density at radius 2 is 2.17 bits per heavy atom. The number of hydrogen-bond donors (Lipinski definition) is 3. The monoisotopic (exact) mass is 403 g/mol. The van der Waals surface area contributed by atoms with Gasteiger partial charge in [0.1, 0.15) is 5.82 Å². The lowest BCUT2D eigenvalue weighted by Crippen LogP contribution is -2.41. The molecule has 4 rings (SSSR count). The fraction of sp³-hybridized carbons (Fsp3) is 0.458. The van der Waals surface area contributed by atoms with E-state index in [1.807, 2.05) is 12.4 Å². The average Bonchev–Trinajstić information content (AvgIpc) is 3.14. The Kier molecular flexibility index (Phi) is 5.74. The van der Waals surface area contributed by atoms with Gasteiger partial charge in [-0.3, -0.25) is 4.98 Å². The van der Waals surface area contributed by atoms with Gasteiger partial charge in [0.25, 0.3) is 0 Å². The van der Waals surface area contributed by atoms with Gasteiger partial charge in [0.05, 0.1) is 17.9 Å². The van der Waals surface area contributed by atoms with Crippen LogP contribution < -0.4 is 10.6 Å². The molecule has 0 spiro atoms. The minimum absolute atomic E-state index is 0.125. The summed E-state index contributed by atoms with van der Waals surface area (Å²) >= 11 is 0. The van der Waals surface area contributed by atoms with Gasteiger partial charge in [-0.2, -0.15) is 4.98 Å². The molecule has 30 heavy (non-hydrogen) atoms. The predicted octanol–water partition coefficient (Wildman–Crippen LogP) is 3.65. The highest BCUT2D eigenvalue weighted by Gasteiger charge is 2.35. The van der Waals surface area contributed by atoms with Gasteiger partial charge >= 0.3 is 0 Å². The van der Waals surface area contributed by atoms with E-state index in [9.17, 15) is 5.11 Å². The highest BCUT2D eigenvalue weighted by atomic mass is 16.3. The van der Waals surface area contributed by atoms with Crippen LogP contribution in [0.15, 0.2) is 30.7 Å². The molecule has 0 radical (unpaired) electrons. The van der Waals surface area contributed by atoms with Gasteiger partial charge < -0.3 is 15.7 Å². The zero-order chi connectivity index (χ0) is 21.1. The van der Waals surface area contributed by atoms with Crippen molar-refractivity contribution in [3.05, 3.63) is 47.4 Å². The minimum Gasteiger partial charge on any atom is -0.393 e. The largest absolute Gasteiger partial charge is 0.393 e. The number of anilines is 2. The number of fused-ring (bicyclic) bond motifs is 1. The average molecular weight is 404 g/mol. The van der Waals surface area contributed by atoms with E-state index in [0.29, 0.717) is 17.3 Å². The van der Waals surface area contributed by atoms with Crippen molar-refractivity contribution in [2.45, 2.75) is 58.1 Å². The molecule has 2 aromatic rings. The molecule has 0 aliphatic heterocycles. The highest BCUT2D eigenvalue weighted by Crippen LogP contribution is 2.37. The molecule has 0 bridgehead atoms. The van der Waals surface area contributed by atoms with E-state index in [1.54, 1.807) is 6.20 Å². The van der Waals surface area contributed by atoms with Gasteiger partial charge in [0, 0.05) is 25.0 Å². The van der Waals surface area contributed by atoms with Crippen molar-refractivity contribution >= 4 is 17.3 Å². The van der Waals surface area contributed by atoms with Crippen molar-refractivity contribution in [2.24, 2.45) is 5.41 Å². The number of terminal acetylenes is 1. The molecule has 2 aliphatic carbocycles. The number of aromatic nitrogens is 3. The molecule has 1 fully saturated rings. The fourth-order valence-corrected chi connectivity index (χ4v) is 4.40. The van der Waals surface area contributed by atoms with Crippen LogP contribution in [0, 0.1) is 17.8 Å². The minimum atomic E-state index is -0.268. The fourth-order valence-electron chi connectivity index (χ4n) is 4.40. The molecule has 2 heterocycles. The summed E-state index contributed by atoms with van der Waals surface area (Å²) in [5.74, 6) is 3.92. The van der Waals surface area contributed by atoms with Crippen LogP contribution in [0.2, 0.25) is 0 Å². The Hall–Kier alpha value is -2.91. The topological polar surface area (TPSA) is 83.0 Å². The number of nitrogens with one attached hydrogen (secondary N) is 2. The van der Waals surface area contributed by atoms with Crippen LogP contribution in [0.3, 0.4) is 0 Å². The van der Waals surface area contributed by atoms with Crippen molar-refractivity contribution in [3.63, 3.8) is 0 Å². The van der Waals surface area contributed by atoms with Crippen molar-refractivity contribution in [1.82, 2.24) is 15.0 Å². The number of rotatable bonds is 6. The van der Waals surface area contributed by atoms with Crippen molar-refractivity contribution in [1.29, 1.82) is 0 Å². The summed E-state index contributed by atoms with van der Waals surface area (Å²) in [6.07, 6.45) is 17.5. The summed E-state index contributed by atoms with van der Waals surface area (Å²) in [4.78, 5) is 13.3. The second-order valence-electron chi connectivity index (χ2n) is 8.87. The second kappa shape index (κ2) is 8.45. The lowest BCUT2D eigenvalue weighted by atomic mass is 9.73. The zero-order valence-electron chi connectivity index (χ0n) is 17.7. The van der Waals surface area contributed by atoms with Crippen molar-refractivity contribution < 1.29 is 5.11 Å². The number of aliphatic hydroxyl groups excluding tert-OH is 1. The van der Waals surface area contributed by atoms with Crippen LogP contribution in [0.4, 0.5) is 11.8 Å². The van der Waals surface area contributed by atoms with Crippen LogP contribution in [0.25, 0.3) is 5.57 Å². The number of pyridine rings is 1. The molecular formula is C24H29N5O. The number of nitrogens with zero attached hydrogens (tertiary/aromatic N) is 3. The normalized spacial score (nSPS) is 22.0. The Bertz CT molecular complexity index is 991. The van der Waals surface area contributed by atoms with E-state index < -0.39 is 0 Å². The first-order valence-electron chi connectivity index (χ1n) is 10.6. The molecule has 2 aliphatic rings. The maximum Gasteiger partial charge on any atom is 0.224 e. The molecule has 2 aromatic heterocycles. The van der Waals surface area contributed by atoms with E-state index in [4.69, 9.17) is 6.42 Å². The van der Waals surface area contributed by atoms with Crippen LogP contribution in [0.5, 0.6) is 0 Å². The Labute approximate surface area is 178 Å². The maximum absolute atomic E-state index is 10.2. The molecule has 0 saturated heterocycles. The Morgan fingerprint density at radius 3 is 2.97 bits per heavy atom. The molecule has 6 heteroatoms. The van der Waals surface area contributed by atoms with E-state index >= 15 is 0 Å². The van der Waals surface area contributed by atoms with Gasteiger partial charge in [-0.25, -0.2) is 4.98 Å². The lowest BCUT2D eigenvalue weighted by Gasteiger charge is -2.40. The summed E-state index contributed by atoms with van der Waals surface area (Å²) in [7, 11) is 0. The predicted molar refractivity (Wildman–Crippen MR) is 120 cm³/mol. The number of allylic oxidation sites excluding steroid dienone is 1. The van der Waals surface area contributed by atoms with E-state index in [-0.39, 0.29) is 17.6 Å². The summed E-state index contributed by atoms with van der Waals surface area (Å²) < 4.78 is 0. The van der Waals surface area contributed by atoms with Gasteiger partial charge in [-0.1, -0.05) is 25.8 Å². The molecule has 156 valence electrons. The van der Waals surface area contributed by atoms with Crippen molar-refractivity contribution in [3.8, 4) is 12.3 Å².